The van der Waals surface area contributed by atoms with Gasteiger partial charge in [0, 0.05) is 18.4 Å². The number of anilines is 1. The van der Waals surface area contributed by atoms with Gasteiger partial charge in [-0.2, -0.15) is 0 Å². The first-order chi connectivity index (χ1) is 18.1. The maximum atomic E-state index is 4.35. The van der Waals surface area contributed by atoms with E-state index in [2.05, 4.69) is 135 Å². The van der Waals surface area contributed by atoms with Crippen LogP contribution in [0.5, 0.6) is 0 Å². The number of benzene rings is 6. The Hall–Kier alpha value is -4.36. The summed E-state index contributed by atoms with van der Waals surface area (Å²) in [4.78, 5) is 2.18. The third-order valence-corrected chi connectivity index (χ3v) is 7.13. The first kappa shape index (κ1) is 24.3. The molecule has 0 fully saturated rings. The van der Waals surface area contributed by atoms with Gasteiger partial charge in [-0.05, 0) is 79.7 Å². The number of hydrogen-bond acceptors (Lipinski definition) is 1. The molecule has 0 aliphatic rings. The highest BCUT2D eigenvalue weighted by Crippen LogP contribution is 2.39. The summed E-state index contributed by atoms with van der Waals surface area (Å²) in [6.07, 6.45) is 0. The molecule has 182 valence electrons. The minimum Gasteiger partial charge on any atom is -0.344 e. The van der Waals surface area contributed by atoms with Crippen LogP contribution in [-0.2, 0) is 0 Å². The zero-order valence-corrected chi connectivity index (χ0v) is 22.1. The Morgan fingerprint density at radius 3 is 1.97 bits per heavy atom. The fraction of sp³-hybridized carbons (Fsp3) is 0.111. The van der Waals surface area contributed by atoms with E-state index in [0.29, 0.717) is 0 Å². The van der Waals surface area contributed by atoms with Gasteiger partial charge in [0.05, 0.1) is 0 Å². The van der Waals surface area contributed by atoms with Crippen LogP contribution in [0, 0.1) is 6.92 Å². The van der Waals surface area contributed by atoms with Crippen LogP contribution in [0.4, 0.5) is 5.69 Å². The summed E-state index contributed by atoms with van der Waals surface area (Å²) in [6.45, 7) is 10.5. The molecule has 0 saturated heterocycles. The van der Waals surface area contributed by atoms with Crippen molar-refractivity contribution in [2.75, 3.05) is 11.9 Å². The molecule has 0 aliphatic carbocycles. The molecule has 6 rings (SSSR count). The molecular formula is C36H33N. The van der Waals surface area contributed by atoms with Crippen LogP contribution in [0.2, 0.25) is 0 Å². The van der Waals surface area contributed by atoms with Gasteiger partial charge in [0.1, 0.15) is 0 Å². The van der Waals surface area contributed by atoms with Crippen LogP contribution in [0.15, 0.2) is 122 Å². The summed E-state index contributed by atoms with van der Waals surface area (Å²) in [5.74, 6) is 0. The summed E-state index contributed by atoms with van der Waals surface area (Å²) in [5.41, 5.74) is 7.01. The van der Waals surface area contributed by atoms with Crippen molar-refractivity contribution in [3.63, 3.8) is 0 Å². The number of aryl methyl sites for hydroxylation is 1. The summed E-state index contributed by atoms with van der Waals surface area (Å²) in [5, 5.41) is 7.77. The fourth-order valence-electron chi connectivity index (χ4n) is 5.29. The van der Waals surface area contributed by atoms with E-state index in [4.69, 9.17) is 0 Å². The van der Waals surface area contributed by atoms with Crippen LogP contribution in [0.1, 0.15) is 25.0 Å². The average molecular weight is 480 g/mol. The summed E-state index contributed by atoms with van der Waals surface area (Å²) < 4.78 is 0. The van der Waals surface area contributed by atoms with Crippen molar-refractivity contribution in [1.82, 2.24) is 0 Å². The number of fused-ring (bicyclic) bond motifs is 5. The van der Waals surface area contributed by atoms with Crippen molar-refractivity contribution in [2.24, 2.45) is 0 Å². The quantitative estimate of drug-likeness (QED) is 0.227. The molecule has 0 aliphatic heterocycles. The predicted molar refractivity (Wildman–Crippen MR) is 164 cm³/mol. The van der Waals surface area contributed by atoms with E-state index in [0.717, 1.165) is 11.3 Å². The van der Waals surface area contributed by atoms with E-state index >= 15 is 0 Å². The maximum Gasteiger partial charge on any atom is 0.0438 e. The highest BCUT2D eigenvalue weighted by atomic mass is 15.1. The molecule has 6 aromatic carbocycles. The van der Waals surface area contributed by atoms with E-state index in [-0.39, 0.29) is 0 Å². The van der Waals surface area contributed by atoms with Gasteiger partial charge in [0.2, 0.25) is 0 Å². The third kappa shape index (κ3) is 4.38. The van der Waals surface area contributed by atoms with Crippen LogP contribution in [0.25, 0.3) is 49.1 Å². The van der Waals surface area contributed by atoms with Crippen molar-refractivity contribution in [3.05, 3.63) is 133 Å². The standard InChI is InChI=1S/C34H27N.C2H6/c1-23-21-27(19-20-33(23)35(3)24(2)25-11-5-4-6-12-25)32-22-28-18-17-26-13-7-8-14-29(26)34(28)31-16-10-9-15-30(31)32;1-2/h4-22H,2H2,1,3H3;1-2H3. The number of rotatable bonds is 4. The zero-order chi connectivity index (χ0) is 25.9. The first-order valence-corrected chi connectivity index (χ1v) is 13.0. The minimum atomic E-state index is 0.990. The van der Waals surface area contributed by atoms with E-state index in [1.165, 1.54) is 54.7 Å². The van der Waals surface area contributed by atoms with E-state index in [1.807, 2.05) is 19.9 Å². The molecule has 0 saturated carbocycles. The second-order valence-corrected chi connectivity index (χ2v) is 9.23. The summed E-state index contributed by atoms with van der Waals surface area (Å²) in [7, 11) is 2.09. The Bertz CT molecular complexity index is 1730. The van der Waals surface area contributed by atoms with Gasteiger partial charge in [-0.25, -0.2) is 0 Å². The molecule has 0 unspecified atom stereocenters. The van der Waals surface area contributed by atoms with Crippen LogP contribution < -0.4 is 4.90 Å². The Labute approximate surface area is 220 Å². The Kier molecular flexibility index (Phi) is 6.79. The molecule has 0 amide bonds. The molecular weight excluding hydrogens is 446 g/mol. The van der Waals surface area contributed by atoms with Gasteiger partial charge in [0.15, 0.2) is 0 Å². The lowest BCUT2D eigenvalue weighted by atomic mass is 9.90. The van der Waals surface area contributed by atoms with Crippen LogP contribution in [-0.4, -0.2) is 7.05 Å². The lowest BCUT2D eigenvalue weighted by Crippen LogP contribution is -2.15. The van der Waals surface area contributed by atoms with Gasteiger partial charge < -0.3 is 4.90 Å². The molecule has 1 heteroatoms. The number of hydrogen-bond donors (Lipinski definition) is 0. The Morgan fingerprint density at radius 2 is 1.24 bits per heavy atom. The fourth-order valence-corrected chi connectivity index (χ4v) is 5.29. The zero-order valence-electron chi connectivity index (χ0n) is 22.1. The van der Waals surface area contributed by atoms with E-state index in [9.17, 15) is 0 Å². The van der Waals surface area contributed by atoms with Crippen LogP contribution in [0.3, 0.4) is 0 Å². The Balaban J connectivity index is 0.00000137. The topological polar surface area (TPSA) is 3.24 Å². The average Bonchev–Trinajstić information content (AvgIpc) is 2.97. The molecule has 0 N–H and O–H groups in total. The smallest absolute Gasteiger partial charge is 0.0438 e. The SMILES string of the molecule is C=C(c1ccccc1)N(C)c1ccc(-c2cc3ccc4ccccc4c3c3ccccc23)cc1C.CC. The molecule has 0 heterocycles. The molecule has 37 heavy (non-hydrogen) atoms. The predicted octanol–water partition coefficient (Wildman–Crippen LogP) is 10.3. The van der Waals surface area contributed by atoms with E-state index in [1.54, 1.807) is 0 Å². The second kappa shape index (κ2) is 10.3. The van der Waals surface area contributed by atoms with Gasteiger partial charge in [0.25, 0.3) is 0 Å². The summed E-state index contributed by atoms with van der Waals surface area (Å²) in [6, 6.07) is 41.4. The van der Waals surface area contributed by atoms with Crippen molar-refractivity contribution < 1.29 is 0 Å². The monoisotopic (exact) mass is 479 g/mol. The normalized spacial score (nSPS) is 10.8. The molecule has 0 atom stereocenters. The molecule has 0 aromatic heterocycles. The lowest BCUT2D eigenvalue weighted by Gasteiger charge is -2.24. The first-order valence-electron chi connectivity index (χ1n) is 13.0. The largest absolute Gasteiger partial charge is 0.344 e. The molecule has 6 aromatic rings. The molecule has 1 nitrogen and oxygen atoms in total. The molecule has 0 spiro atoms. The van der Waals surface area contributed by atoms with Crippen LogP contribution >= 0.6 is 0 Å². The number of nitrogens with zero attached hydrogens (tertiary/aromatic N) is 1. The molecule has 0 bridgehead atoms. The minimum absolute atomic E-state index is 0.990. The van der Waals surface area contributed by atoms with Gasteiger partial charge in [-0.1, -0.05) is 117 Å². The van der Waals surface area contributed by atoms with Crippen molar-refractivity contribution in [2.45, 2.75) is 20.8 Å². The maximum absolute atomic E-state index is 4.35. The second-order valence-electron chi connectivity index (χ2n) is 9.23. The Morgan fingerprint density at radius 1 is 0.622 bits per heavy atom. The van der Waals surface area contributed by atoms with Gasteiger partial charge >= 0.3 is 0 Å². The highest BCUT2D eigenvalue weighted by molar-refractivity contribution is 6.23. The highest BCUT2D eigenvalue weighted by Gasteiger charge is 2.14. The van der Waals surface area contributed by atoms with Crippen molar-refractivity contribution in [1.29, 1.82) is 0 Å². The summed E-state index contributed by atoms with van der Waals surface area (Å²) >= 11 is 0. The van der Waals surface area contributed by atoms with Crippen molar-refractivity contribution in [3.8, 4) is 11.1 Å². The van der Waals surface area contributed by atoms with E-state index < -0.39 is 0 Å². The lowest BCUT2D eigenvalue weighted by molar-refractivity contribution is 1.20. The van der Waals surface area contributed by atoms with Gasteiger partial charge in [-0.3, -0.25) is 0 Å². The van der Waals surface area contributed by atoms with Gasteiger partial charge in [-0.15, -0.1) is 0 Å². The molecule has 0 radical (unpaired) electrons. The third-order valence-electron chi connectivity index (χ3n) is 7.13. The van der Waals surface area contributed by atoms with Crippen molar-refractivity contribution >= 4 is 43.7 Å².